The molecular weight excluding hydrogens is 268 g/mol. The van der Waals surface area contributed by atoms with Crippen LogP contribution in [0.2, 0.25) is 0 Å². The van der Waals surface area contributed by atoms with Crippen LogP contribution in [0.25, 0.3) is 0 Å². The van der Waals surface area contributed by atoms with Crippen LogP contribution < -0.4 is 4.74 Å². The van der Waals surface area contributed by atoms with Crippen LogP contribution in [0.3, 0.4) is 0 Å². The van der Waals surface area contributed by atoms with Crippen molar-refractivity contribution < 1.29 is 19.1 Å². The Morgan fingerprint density at radius 1 is 1.14 bits per heavy atom. The molecule has 4 nitrogen and oxygen atoms in total. The molecule has 0 N–H and O–H groups in total. The molecule has 3 rings (SSSR count). The Bertz CT molecular complexity index is 705. The van der Waals surface area contributed by atoms with Gasteiger partial charge in [0.25, 0.3) is 0 Å². The number of fused-ring (bicyclic) bond motifs is 1. The summed E-state index contributed by atoms with van der Waals surface area (Å²) < 4.78 is 10.5. The number of carbonyl (C=O) groups is 2. The second-order valence-corrected chi connectivity index (χ2v) is 4.81. The van der Waals surface area contributed by atoms with Gasteiger partial charge in [0.2, 0.25) is 0 Å². The smallest absolute Gasteiger partial charge is 0.339 e. The van der Waals surface area contributed by atoms with Crippen LogP contribution in [0.1, 0.15) is 38.8 Å². The largest absolute Gasteiger partial charge is 0.496 e. The number of hydrogen-bond acceptors (Lipinski definition) is 4. The van der Waals surface area contributed by atoms with Crippen LogP contribution >= 0.6 is 0 Å². The van der Waals surface area contributed by atoms with Crippen LogP contribution in [0.4, 0.5) is 0 Å². The monoisotopic (exact) mass is 282 g/mol. The molecule has 2 aromatic rings. The summed E-state index contributed by atoms with van der Waals surface area (Å²) in [7, 11) is 1.52. The fourth-order valence-electron chi connectivity index (χ4n) is 2.52. The molecule has 1 atom stereocenters. The highest BCUT2D eigenvalue weighted by Gasteiger charge is 2.32. The summed E-state index contributed by atoms with van der Waals surface area (Å²) >= 11 is 0. The first-order valence-corrected chi connectivity index (χ1v) is 6.67. The van der Waals surface area contributed by atoms with Gasteiger partial charge in [-0.1, -0.05) is 30.3 Å². The molecular formula is C17H14O4. The van der Waals surface area contributed by atoms with Crippen molar-refractivity contribution in [1.82, 2.24) is 0 Å². The Kier molecular flexibility index (Phi) is 3.44. The number of benzene rings is 2. The summed E-state index contributed by atoms with van der Waals surface area (Å²) in [5, 5.41) is 0. The fourth-order valence-corrected chi connectivity index (χ4v) is 2.52. The van der Waals surface area contributed by atoms with Gasteiger partial charge in [0.15, 0.2) is 5.78 Å². The number of rotatable bonds is 4. The third-order valence-electron chi connectivity index (χ3n) is 3.56. The maximum atomic E-state index is 12.4. The van der Waals surface area contributed by atoms with Crippen molar-refractivity contribution in [3.05, 3.63) is 65.2 Å². The van der Waals surface area contributed by atoms with Gasteiger partial charge in [-0.3, -0.25) is 4.79 Å². The topological polar surface area (TPSA) is 52.6 Å². The van der Waals surface area contributed by atoms with Crippen molar-refractivity contribution >= 4 is 11.8 Å². The maximum absolute atomic E-state index is 12.4. The van der Waals surface area contributed by atoms with E-state index >= 15 is 0 Å². The van der Waals surface area contributed by atoms with Crippen LogP contribution in [0.15, 0.2) is 48.5 Å². The Morgan fingerprint density at radius 3 is 2.67 bits per heavy atom. The number of ketones is 1. The van der Waals surface area contributed by atoms with Crippen LogP contribution in [0, 0.1) is 0 Å². The van der Waals surface area contributed by atoms with E-state index in [2.05, 4.69) is 0 Å². The zero-order chi connectivity index (χ0) is 14.8. The molecule has 106 valence electrons. The van der Waals surface area contributed by atoms with Crippen molar-refractivity contribution in [2.75, 3.05) is 7.11 Å². The molecule has 0 bridgehead atoms. The van der Waals surface area contributed by atoms with E-state index in [-0.39, 0.29) is 18.2 Å². The molecule has 4 heteroatoms. The van der Waals surface area contributed by atoms with E-state index in [9.17, 15) is 9.59 Å². The van der Waals surface area contributed by atoms with E-state index in [1.165, 1.54) is 7.11 Å². The zero-order valence-electron chi connectivity index (χ0n) is 11.5. The van der Waals surface area contributed by atoms with Crippen LogP contribution in [-0.2, 0) is 4.74 Å². The second kappa shape index (κ2) is 5.40. The number of carbonyl (C=O) groups excluding carboxylic acids is 2. The van der Waals surface area contributed by atoms with Gasteiger partial charge in [-0.25, -0.2) is 4.79 Å². The van der Waals surface area contributed by atoms with Crippen molar-refractivity contribution in [3.63, 3.8) is 0 Å². The number of Topliss-reactive ketones (excluding diaryl/α,β-unsaturated/α-hetero) is 1. The molecule has 0 amide bonds. The van der Waals surface area contributed by atoms with Gasteiger partial charge in [-0.15, -0.1) is 0 Å². The number of hydrogen-bond donors (Lipinski definition) is 0. The summed E-state index contributed by atoms with van der Waals surface area (Å²) in [6.45, 7) is 0. The van der Waals surface area contributed by atoms with Crippen molar-refractivity contribution in [2.24, 2.45) is 0 Å². The zero-order valence-corrected chi connectivity index (χ0v) is 11.5. The lowest BCUT2D eigenvalue weighted by Crippen LogP contribution is -2.09. The van der Waals surface area contributed by atoms with E-state index in [4.69, 9.17) is 9.47 Å². The minimum absolute atomic E-state index is 0.109. The quantitative estimate of drug-likeness (QED) is 0.638. The fraction of sp³-hybridized carbons (Fsp3) is 0.176. The summed E-state index contributed by atoms with van der Waals surface area (Å²) in [6, 6.07) is 14.2. The molecule has 21 heavy (non-hydrogen) atoms. The average Bonchev–Trinajstić information content (AvgIpc) is 2.84. The van der Waals surface area contributed by atoms with Gasteiger partial charge in [0.1, 0.15) is 11.9 Å². The van der Waals surface area contributed by atoms with Gasteiger partial charge in [-0.2, -0.15) is 0 Å². The predicted octanol–water partition coefficient (Wildman–Crippen LogP) is 3.18. The van der Waals surface area contributed by atoms with Crippen molar-refractivity contribution in [3.8, 4) is 5.75 Å². The second-order valence-electron chi connectivity index (χ2n) is 4.81. The lowest BCUT2D eigenvalue weighted by molar-refractivity contribution is 0.0367. The minimum atomic E-state index is -0.522. The van der Waals surface area contributed by atoms with Gasteiger partial charge >= 0.3 is 5.97 Å². The molecule has 0 spiro atoms. The Hall–Kier alpha value is -2.62. The van der Waals surface area contributed by atoms with E-state index < -0.39 is 6.10 Å². The third kappa shape index (κ3) is 2.40. The first-order valence-electron chi connectivity index (χ1n) is 6.67. The molecule has 1 aliphatic rings. The lowest BCUT2D eigenvalue weighted by Gasteiger charge is -2.11. The summed E-state index contributed by atoms with van der Waals surface area (Å²) in [6.07, 6.45) is -0.408. The number of para-hydroxylation sites is 1. The molecule has 0 aliphatic carbocycles. The molecule has 0 aromatic heterocycles. The van der Waals surface area contributed by atoms with Gasteiger partial charge in [-0.05, 0) is 18.2 Å². The summed E-state index contributed by atoms with van der Waals surface area (Å²) in [4.78, 5) is 24.2. The highest BCUT2D eigenvalue weighted by Crippen LogP contribution is 2.34. The average molecular weight is 282 g/mol. The molecule has 0 unspecified atom stereocenters. The minimum Gasteiger partial charge on any atom is -0.496 e. The molecule has 0 saturated carbocycles. The maximum Gasteiger partial charge on any atom is 0.339 e. The summed E-state index contributed by atoms with van der Waals surface area (Å²) in [5.74, 6) is 0.0467. The molecule has 0 fully saturated rings. The molecule has 0 saturated heterocycles. The number of ether oxygens (including phenoxy) is 2. The normalized spacial score (nSPS) is 16.2. The van der Waals surface area contributed by atoms with Crippen LogP contribution in [-0.4, -0.2) is 18.9 Å². The first-order chi connectivity index (χ1) is 10.2. The molecule has 1 aliphatic heterocycles. The van der Waals surface area contributed by atoms with E-state index in [0.717, 1.165) is 5.56 Å². The van der Waals surface area contributed by atoms with Crippen LogP contribution in [0.5, 0.6) is 5.75 Å². The summed E-state index contributed by atoms with van der Waals surface area (Å²) in [5.41, 5.74) is 1.81. The Morgan fingerprint density at radius 2 is 1.86 bits per heavy atom. The van der Waals surface area contributed by atoms with Crippen molar-refractivity contribution in [1.29, 1.82) is 0 Å². The molecule has 1 heterocycles. The number of esters is 1. The Labute approximate surface area is 122 Å². The van der Waals surface area contributed by atoms with E-state index in [1.807, 2.05) is 12.1 Å². The van der Waals surface area contributed by atoms with Gasteiger partial charge in [0, 0.05) is 5.56 Å². The molecule has 2 aromatic carbocycles. The first kappa shape index (κ1) is 13.4. The van der Waals surface area contributed by atoms with E-state index in [0.29, 0.717) is 16.9 Å². The standard InChI is InChI=1S/C17H14O4/c1-20-15-9-5-4-8-13(15)14(18)10-16-11-6-2-3-7-12(11)17(19)21-16/h2-9,16H,10H2,1H3/t16-/m1/s1. The highest BCUT2D eigenvalue weighted by atomic mass is 16.5. The highest BCUT2D eigenvalue weighted by molar-refractivity contribution is 6.00. The molecule has 0 radical (unpaired) electrons. The van der Waals surface area contributed by atoms with Gasteiger partial charge < -0.3 is 9.47 Å². The lowest BCUT2D eigenvalue weighted by atomic mass is 9.98. The predicted molar refractivity (Wildman–Crippen MR) is 76.5 cm³/mol. The number of methoxy groups -OCH3 is 1. The van der Waals surface area contributed by atoms with Gasteiger partial charge in [0.05, 0.1) is 24.7 Å². The SMILES string of the molecule is COc1ccccc1C(=O)C[C@H]1OC(=O)c2ccccc21. The third-order valence-corrected chi connectivity index (χ3v) is 3.56. The van der Waals surface area contributed by atoms with Crippen molar-refractivity contribution in [2.45, 2.75) is 12.5 Å². The number of cyclic esters (lactones) is 1. The Balaban J connectivity index is 1.85. The van der Waals surface area contributed by atoms with E-state index in [1.54, 1.807) is 36.4 Å².